The standard InChI is InChI=1S/C23H26N2O7/c1-5-31-23(29)21-14(3)24-13(2)20(21)17(26)12-32-22(28)15-10-19(27)25(11-15)16-8-6-7-9-18(16)30-4/h6-9,15,24H,5,10-12H2,1-4H3/t15-/m1/s1. The normalized spacial score (nSPS) is 15.6. The zero-order valence-corrected chi connectivity index (χ0v) is 18.5. The summed E-state index contributed by atoms with van der Waals surface area (Å²) in [4.78, 5) is 54.5. The molecule has 0 bridgehead atoms. The fourth-order valence-corrected chi connectivity index (χ4v) is 3.87. The monoisotopic (exact) mass is 442 g/mol. The number of amides is 1. The summed E-state index contributed by atoms with van der Waals surface area (Å²) in [5.41, 5.74) is 1.86. The molecule has 2 heterocycles. The van der Waals surface area contributed by atoms with E-state index < -0.39 is 30.2 Å². The number of methoxy groups -OCH3 is 1. The van der Waals surface area contributed by atoms with Crippen molar-refractivity contribution in [1.82, 2.24) is 4.98 Å². The largest absolute Gasteiger partial charge is 0.495 e. The molecule has 1 aliphatic rings. The topological polar surface area (TPSA) is 115 Å². The molecular weight excluding hydrogens is 416 g/mol. The number of para-hydroxylation sites is 2. The van der Waals surface area contributed by atoms with Crippen molar-refractivity contribution >= 4 is 29.3 Å². The van der Waals surface area contributed by atoms with Crippen LogP contribution in [0.15, 0.2) is 24.3 Å². The molecule has 1 aromatic heterocycles. The molecule has 3 rings (SSSR count). The number of esters is 2. The van der Waals surface area contributed by atoms with E-state index in [1.54, 1.807) is 45.0 Å². The van der Waals surface area contributed by atoms with Crippen LogP contribution >= 0.6 is 0 Å². The predicted molar refractivity (Wildman–Crippen MR) is 115 cm³/mol. The zero-order valence-electron chi connectivity index (χ0n) is 18.5. The van der Waals surface area contributed by atoms with Gasteiger partial charge in [0.15, 0.2) is 6.61 Å². The average molecular weight is 442 g/mol. The summed E-state index contributed by atoms with van der Waals surface area (Å²) in [7, 11) is 1.51. The van der Waals surface area contributed by atoms with Crippen LogP contribution in [0.3, 0.4) is 0 Å². The molecule has 0 saturated carbocycles. The quantitative estimate of drug-likeness (QED) is 0.494. The number of nitrogens with one attached hydrogen (secondary N) is 1. The van der Waals surface area contributed by atoms with Gasteiger partial charge < -0.3 is 24.1 Å². The Morgan fingerprint density at radius 3 is 2.47 bits per heavy atom. The van der Waals surface area contributed by atoms with Gasteiger partial charge in [0.05, 0.1) is 36.4 Å². The Morgan fingerprint density at radius 1 is 1.09 bits per heavy atom. The summed E-state index contributed by atoms with van der Waals surface area (Å²) < 4.78 is 15.6. The van der Waals surface area contributed by atoms with Crippen LogP contribution in [-0.4, -0.2) is 55.5 Å². The lowest BCUT2D eigenvalue weighted by Gasteiger charge is -2.19. The Bertz CT molecular complexity index is 1060. The number of H-pyrrole nitrogens is 1. The van der Waals surface area contributed by atoms with E-state index in [1.807, 2.05) is 0 Å². The number of aryl methyl sites for hydroxylation is 2. The fourth-order valence-electron chi connectivity index (χ4n) is 3.87. The Balaban J connectivity index is 1.67. The van der Waals surface area contributed by atoms with Gasteiger partial charge in [-0.15, -0.1) is 0 Å². The second kappa shape index (κ2) is 9.67. The van der Waals surface area contributed by atoms with E-state index >= 15 is 0 Å². The molecule has 170 valence electrons. The Hall–Kier alpha value is -3.62. The number of hydrogen-bond acceptors (Lipinski definition) is 7. The van der Waals surface area contributed by atoms with Crippen LogP contribution in [0.25, 0.3) is 0 Å². The number of carbonyl (C=O) groups excluding carboxylic acids is 4. The summed E-state index contributed by atoms with van der Waals surface area (Å²) in [5.74, 6) is -2.20. The van der Waals surface area contributed by atoms with Crippen molar-refractivity contribution in [2.75, 3.05) is 31.8 Å². The number of Topliss-reactive ketones (excluding diaryl/α,β-unsaturated/α-hetero) is 1. The van der Waals surface area contributed by atoms with Crippen molar-refractivity contribution in [2.24, 2.45) is 5.92 Å². The molecule has 1 saturated heterocycles. The summed E-state index contributed by atoms with van der Waals surface area (Å²) >= 11 is 0. The number of nitrogens with zero attached hydrogens (tertiary/aromatic N) is 1. The van der Waals surface area contributed by atoms with Gasteiger partial charge in [-0.25, -0.2) is 4.79 Å². The third-order valence-corrected chi connectivity index (χ3v) is 5.31. The number of aromatic nitrogens is 1. The third kappa shape index (κ3) is 4.51. The van der Waals surface area contributed by atoms with Crippen molar-refractivity contribution in [1.29, 1.82) is 0 Å². The lowest BCUT2D eigenvalue weighted by Crippen LogP contribution is -2.27. The van der Waals surface area contributed by atoms with Gasteiger partial charge in [-0.2, -0.15) is 0 Å². The SMILES string of the molecule is CCOC(=O)c1c(C)[nH]c(C)c1C(=O)COC(=O)[C@@H]1CC(=O)N(c2ccccc2OC)C1. The maximum atomic E-state index is 12.8. The molecule has 32 heavy (non-hydrogen) atoms. The predicted octanol–water partition coefficient (Wildman–Crippen LogP) is 2.60. The minimum atomic E-state index is -0.709. The lowest BCUT2D eigenvalue weighted by molar-refractivity contribution is -0.147. The van der Waals surface area contributed by atoms with E-state index in [9.17, 15) is 19.2 Å². The van der Waals surface area contributed by atoms with Crippen molar-refractivity contribution < 1.29 is 33.4 Å². The van der Waals surface area contributed by atoms with E-state index in [0.29, 0.717) is 22.8 Å². The molecule has 9 nitrogen and oxygen atoms in total. The number of hydrogen-bond donors (Lipinski definition) is 1. The van der Waals surface area contributed by atoms with Crippen molar-refractivity contribution in [3.05, 3.63) is 46.8 Å². The van der Waals surface area contributed by atoms with E-state index in [-0.39, 0.29) is 36.6 Å². The van der Waals surface area contributed by atoms with Gasteiger partial charge in [0.1, 0.15) is 5.75 Å². The Labute approximate surface area is 185 Å². The minimum Gasteiger partial charge on any atom is -0.495 e. The van der Waals surface area contributed by atoms with Crippen LogP contribution in [0.2, 0.25) is 0 Å². The number of aromatic amines is 1. The van der Waals surface area contributed by atoms with E-state index in [0.717, 1.165) is 0 Å². The number of carbonyl (C=O) groups is 4. The first-order valence-electron chi connectivity index (χ1n) is 10.3. The van der Waals surface area contributed by atoms with Crippen LogP contribution in [0.1, 0.15) is 45.4 Å². The lowest BCUT2D eigenvalue weighted by atomic mass is 10.0. The second-order valence-corrected chi connectivity index (χ2v) is 7.45. The first kappa shape index (κ1) is 23.1. The van der Waals surface area contributed by atoms with E-state index in [4.69, 9.17) is 14.2 Å². The van der Waals surface area contributed by atoms with Gasteiger partial charge in [0.2, 0.25) is 11.7 Å². The molecule has 1 fully saturated rings. The maximum absolute atomic E-state index is 12.8. The number of benzene rings is 1. The highest BCUT2D eigenvalue weighted by Crippen LogP contribution is 2.33. The smallest absolute Gasteiger partial charge is 0.340 e. The van der Waals surface area contributed by atoms with E-state index in [1.165, 1.54) is 12.0 Å². The molecule has 1 aliphatic heterocycles. The van der Waals surface area contributed by atoms with Gasteiger partial charge in [-0.1, -0.05) is 12.1 Å². The minimum absolute atomic E-state index is 0.0264. The summed E-state index contributed by atoms with van der Waals surface area (Å²) in [6.07, 6.45) is -0.0264. The molecule has 1 amide bonds. The molecule has 9 heteroatoms. The highest BCUT2D eigenvalue weighted by molar-refractivity contribution is 6.09. The summed E-state index contributed by atoms with van der Waals surface area (Å²) in [6, 6.07) is 7.03. The van der Waals surface area contributed by atoms with Gasteiger partial charge >= 0.3 is 11.9 Å². The molecule has 0 spiro atoms. The van der Waals surface area contributed by atoms with Gasteiger partial charge in [0, 0.05) is 24.4 Å². The highest BCUT2D eigenvalue weighted by Gasteiger charge is 2.37. The van der Waals surface area contributed by atoms with Crippen LogP contribution in [0, 0.1) is 19.8 Å². The molecule has 2 aromatic rings. The molecule has 0 unspecified atom stereocenters. The van der Waals surface area contributed by atoms with Crippen molar-refractivity contribution in [3.63, 3.8) is 0 Å². The molecule has 0 aliphatic carbocycles. The molecular formula is C23H26N2O7. The number of ether oxygens (including phenoxy) is 3. The van der Waals surface area contributed by atoms with Gasteiger partial charge in [0.25, 0.3) is 0 Å². The summed E-state index contributed by atoms with van der Waals surface area (Å²) in [6.45, 7) is 4.76. The number of rotatable bonds is 8. The second-order valence-electron chi connectivity index (χ2n) is 7.45. The summed E-state index contributed by atoms with van der Waals surface area (Å²) in [5, 5.41) is 0. The molecule has 1 atom stereocenters. The first-order valence-corrected chi connectivity index (χ1v) is 10.3. The fraction of sp³-hybridized carbons (Fsp3) is 0.391. The van der Waals surface area contributed by atoms with Gasteiger partial charge in [-0.05, 0) is 32.9 Å². The maximum Gasteiger partial charge on any atom is 0.340 e. The number of ketones is 1. The van der Waals surface area contributed by atoms with Gasteiger partial charge in [-0.3, -0.25) is 14.4 Å². The third-order valence-electron chi connectivity index (χ3n) is 5.31. The van der Waals surface area contributed by atoms with Crippen LogP contribution in [0.4, 0.5) is 5.69 Å². The zero-order chi connectivity index (χ0) is 23.4. The van der Waals surface area contributed by atoms with Crippen LogP contribution < -0.4 is 9.64 Å². The van der Waals surface area contributed by atoms with Crippen LogP contribution in [0.5, 0.6) is 5.75 Å². The highest BCUT2D eigenvalue weighted by atomic mass is 16.5. The van der Waals surface area contributed by atoms with Crippen molar-refractivity contribution in [2.45, 2.75) is 27.2 Å². The molecule has 0 radical (unpaired) electrons. The first-order chi connectivity index (χ1) is 15.3. The van der Waals surface area contributed by atoms with Crippen molar-refractivity contribution in [3.8, 4) is 5.75 Å². The molecule has 1 N–H and O–H groups in total. The molecule has 1 aromatic carbocycles. The number of anilines is 1. The Morgan fingerprint density at radius 2 is 1.78 bits per heavy atom. The van der Waals surface area contributed by atoms with E-state index in [2.05, 4.69) is 4.98 Å². The Kier molecular flexibility index (Phi) is 6.97. The van der Waals surface area contributed by atoms with Crippen LogP contribution in [-0.2, 0) is 19.1 Å². The average Bonchev–Trinajstić information content (AvgIpc) is 3.30.